The van der Waals surface area contributed by atoms with Crippen LogP contribution in [0.15, 0.2) is 24.3 Å². The molecule has 0 aliphatic carbocycles. The Morgan fingerprint density at radius 2 is 2.21 bits per heavy atom. The molecule has 0 aliphatic heterocycles. The number of anilines is 1. The van der Waals surface area contributed by atoms with Gasteiger partial charge in [-0.25, -0.2) is 0 Å². The third-order valence-electron chi connectivity index (χ3n) is 1.68. The zero-order valence-corrected chi connectivity index (χ0v) is 7.95. The zero-order chi connectivity index (χ0) is 9.97. The minimum Gasteiger partial charge on any atom is -0.374 e. The first kappa shape index (κ1) is 8.66. The molecule has 2 aromatic rings. The Balaban J connectivity index is 2.47. The molecule has 2 rings (SSSR count). The Labute approximate surface area is 84.6 Å². The van der Waals surface area contributed by atoms with Crippen LogP contribution in [0.3, 0.4) is 0 Å². The molecule has 1 aromatic heterocycles. The molecule has 0 aliphatic rings. The van der Waals surface area contributed by atoms with Crippen molar-refractivity contribution in [2.75, 3.05) is 5.73 Å². The lowest BCUT2D eigenvalue weighted by molar-refractivity contribution is 1.10. The summed E-state index contributed by atoms with van der Waals surface area (Å²) < 4.78 is 0. The summed E-state index contributed by atoms with van der Waals surface area (Å²) in [6.07, 6.45) is 0. The third kappa shape index (κ3) is 1.56. The normalized spacial score (nSPS) is 9.64. The van der Waals surface area contributed by atoms with Crippen LogP contribution in [-0.2, 0) is 0 Å². The lowest BCUT2D eigenvalue weighted by atomic mass is 10.1. The summed E-state index contributed by atoms with van der Waals surface area (Å²) in [6, 6.07) is 9.26. The molecule has 4 nitrogen and oxygen atoms in total. The fourth-order valence-electron chi connectivity index (χ4n) is 1.07. The van der Waals surface area contributed by atoms with Crippen molar-refractivity contribution < 1.29 is 0 Å². The second-order valence-electron chi connectivity index (χ2n) is 2.64. The van der Waals surface area contributed by atoms with Crippen molar-refractivity contribution >= 4 is 16.5 Å². The lowest BCUT2D eigenvalue weighted by Crippen LogP contribution is -1.80. The van der Waals surface area contributed by atoms with Crippen LogP contribution in [0.2, 0.25) is 0 Å². The molecule has 1 aromatic carbocycles. The van der Waals surface area contributed by atoms with Gasteiger partial charge in [0.05, 0.1) is 11.6 Å². The maximum absolute atomic E-state index is 8.71. The minimum atomic E-state index is 0.433. The maximum atomic E-state index is 8.71. The van der Waals surface area contributed by atoms with Gasteiger partial charge < -0.3 is 5.73 Å². The van der Waals surface area contributed by atoms with Gasteiger partial charge in [-0.2, -0.15) is 5.26 Å². The van der Waals surface area contributed by atoms with E-state index >= 15 is 0 Å². The topological polar surface area (TPSA) is 75.6 Å². The molecule has 14 heavy (non-hydrogen) atoms. The largest absolute Gasteiger partial charge is 0.374 e. The lowest BCUT2D eigenvalue weighted by Gasteiger charge is -1.94. The van der Waals surface area contributed by atoms with E-state index in [1.807, 2.05) is 12.1 Å². The Morgan fingerprint density at radius 3 is 2.86 bits per heavy atom. The van der Waals surface area contributed by atoms with E-state index in [0.29, 0.717) is 10.7 Å². The van der Waals surface area contributed by atoms with Gasteiger partial charge in [0.1, 0.15) is 5.01 Å². The van der Waals surface area contributed by atoms with Gasteiger partial charge in [-0.05, 0) is 12.1 Å². The first-order chi connectivity index (χ1) is 6.79. The van der Waals surface area contributed by atoms with E-state index in [4.69, 9.17) is 11.0 Å². The summed E-state index contributed by atoms with van der Waals surface area (Å²) in [5, 5.41) is 17.5. The first-order valence-electron chi connectivity index (χ1n) is 3.89. The summed E-state index contributed by atoms with van der Waals surface area (Å²) in [6.45, 7) is 0. The smallest absolute Gasteiger partial charge is 0.203 e. The van der Waals surface area contributed by atoms with Crippen LogP contribution in [0.25, 0.3) is 10.6 Å². The number of hydrogen-bond acceptors (Lipinski definition) is 5. The van der Waals surface area contributed by atoms with Crippen LogP contribution in [0.5, 0.6) is 0 Å². The van der Waals surface area contributed by atoms with E-state index < -0.39 is 0 Å². The second-order valence-corrected chi connectivity index (χ2v) is 3.65. The molecule has 0 saturated carbocycles. The number of nitrogens with zero attached hydrogens (tertiary/aromatic N) is 3. The predicted octanol–water partition coefficient (Wildman–Crippen LogP) is 1.66. The van der Waals surface area contributed by atoms with Crippen molar-refractivity contribution in [2.45, 2.75) is 0 Å². The fourth-order valence-corrected chi connectivity index (χ4v) is 1.68. The van der Waals surface area contributed by atoms with E-state index in [1.54, 1.807) is 12.1 Å². The summed E-state index contributed by atoms with van der Waals surface area (Å²) in [4.78, 5) is 0. The van der Waals surface area contributed by atoms with E-state index in [1.165, 1.54) is 11.3 Å². The molecule has 0 bridgehead atoms. The van der Waals surface area contributed by atoms with Gasteiger partial charge in [-0.15, -0.1) is 10.2 Å². The molecule has 1 heterocycles. The van der Waals surface area contributed by atoms with Crippen LogP contribution in [0, 0.1) is 11.3 Å². The molecule has 0 fully saturated rings. The van der Waals surface area contributed by atoms with Crippen LogP contribution in [0.4, 0.5) is 5.13 Å². The number of nitriles is 1. The van der Waals surface area contributed by atoms with Gasteiger partial charge in [0, 0.05) is 5.56 Å². The molecule has 2 N–H and O–H groups in total. The number of benzene rings is 1. The zero-order valence-electron chi connectivity index (χ0n) is 7.14. The van der Waals surface area contributed by atoms with Crippen molar-refractivity contribution in [3.8, 4) is 16.6 Å². The van der Waals surface area contributed by atoms with Crippen molar-refractivity contribution in [1.82, 2.24) is 10.2 Å². The fraction of sp³-hybridized carbons (Fsp3) is 0. The molecule has 0 atom stereocenters. The molecule has 0 unspecified atom stereocenters. The second kappa shape index (κ2) is 3.44. The molecule has 0 amide bonds. The van der Waals surface area contributed by atoms with Gasteiger partial charge in [0.25, 0.3) is 0 Å². The molecule has 68 valence electrons. The van der Waals surface area contributed by atoms with E-state index in [0.717, 1.165) is 10.6 Å². The highest BCUT2D eigenvalue weighted by molar-refractivity contribution is 7.18. The summed E-state index contributed by atoms with van der Waals surface area (Å²) in [7, 11) is 0. The van der Waals surface area contributed by atoms with Crippen LogP contribution < -0.4 is 5.73 Å². The molecular formula is C9H6N4S. The molecule has 0 saturated heterocycles. The van der Waals surface area contributed by atoms with Crippen molar-refractivity contribution in [3.05, 3.63) is 29.8 Å². The maximum Gasteiger partial charge on any atom is 0.203 e. The molecular weight excluding hydrogens is 196 g/mol. The third-order valence-corrected chi connectivity index (χ3v) is 2.48. The number of hydrogen-bond donors (Lipinski definition) is 1. The minimum absolute atomic E-state index is 0.433. The van der Waals surface area contributed by atoms with Crippen LogP contribution >= 0.6 is 11.3 Å². The van der Waals surface area contributed by atoms with Crippen molar-refractivity contribution in [1.29, 1.82) is 5.26 Å². The van der Waals surface area contributed by atoms with Crippen molar-refractivity contribution in [3.63, 3.8) is 0 Å². The van der Waals surface area contributed by atoms with Gasteiger partial charge >= 0.3 is 0 Å². The molecule has 5 heteroatoms. The average molecular weight is 202 g/mol. The standard InChI is InChI=1S/C9H6N4S/c10-5-6-2-1-3-7(4-6)8-12-13-9(11)14-8/h1-4H,(H2,11,13). The molecule has 0 spiro atoms. The Morgan fingerprint density at radius 1 is 1.36 bits per heavy atom. The Bertz CT molecular complexity index is 498. The van der Waals surface area contributed by atoms with Crippen LogP contribution in [0.1, 0.15) is 5.56 Å². The Hall–Kier alpha value is -1.93. The van der Waals surface area contributed by atoms with Gasteiger partial charge in [0.2, 0.25) is 5.13 Å². The Kier molecular flexibility index (Phi) is 2.13. The van der Waals surface area contributed by atoms with Gasteiger partial charge in [-0.3, -0.25) is 0 Å². The predicted molar refractivity (Wildman–Crippen MR) is 54.5 cm³/mol. The van der Waals surface area contributed by atoms with Crippen LogP contribution in [-0.4, -0.2) is 10.2 Å². The SMILES string of the molecule is N#Cc1cccc(-c2nnc(N)s2)c1. The number of rotatable bonds is 1. The number of aromatic nitrogens is 2. The highest BCUT2D eigenvalue weighted by Gasteiger charge is 2.04. The average Bonchev–Trinajstić information content (AvgIpc) is 2.65. The highest BCUT2D eigenvalue weighted by Crippen LogP contribution is 2.24. The first-order valence-corrected chi connectivity index (χ1v) is 4.71. The van der Waals surface area contributed by atoms with Gasteiger partial charge in [-0.1, -0.05) is 23.5 Å². The number of nitrogen functional groups attached to an aromatic ring is 1. The monoisotopic (exact) mass is 202 g/mol. The summed E-state index contributed by atoms with van der Waals surface area (Å²) in [5.74, 6) is 0. The number of nitrogens with two attached hydrogens (primary N) is 1. The quantitative estimate of drug-likeness (QED) is 0.763. The van der Waals surface area contributed by atoms with E-state index in [9.17, 15) is 0 Å². The van der Waals surface area contributed by atoms with E-state index in [2.05, 4.69) is 16.3 Å². The highest BCUT2D eigenvalue weighted by atomic mass is 32.1. The van der Waals surface area contributed by atoms with Crippen molar-refractivity contribution in [2.24, 2.45) is 0 Å². The summed E-state index contributed by atoms with van der Waals surface area (Å²) >= 11 is 1.31. The molecule has 0 radical (unpaired) electrons. The van der Waals surface area contributed by atoms with Gasteiger partial charge in [0.15, 0.2) is 0 Å². The van der Waals surface area contributed by atoms with E-state index in [-0.39, 0.29) is 0 Å². The summed E-state index contributed by atoms with van der Waals surface area (Å²) in [5.41, 5.74) is 6.95.